The number of rotatable bonds is 5. The maximum atomic E-state index is 12.0. The summed E-state index contributed by atoms with van der Waals surface area (Å²) in [6.07, 6.45) is 4.28. The van der Waals surface area contributed by atoms with E-state index in [2.05, 4.69) is 0 Å². The summed E-state index contributed by atoms with van der Waals surface area (Å²) in [5, 5.41) is 8.69. The average molecular weight is 316 g/mol. The van der Waals surface area contributed by atoms with Crippen LogP contribution in [0.1, 0.15) is 31.2 Å². The molecule has 1 aromatic rings. The van der Waals surface area contributed by atoms with Gasteiger partial charge in [0.1, 0.15) is 5.75 Å². The second-order valence-corrected chi connectivity index (χ2v) is 5.38. The molecule has 1 heterocycles. The van der Waals surface area contributed by atoms with Crippen LogP contribution in [-0.2, 0) is 14.3 Å². The zero-order valence-corrected chi connectivity index (χ0v) is 13.0. The molecule has 1 aliphatic heterocycles. The van der Waals surface area contributed by atoms with Gasteiger partial charge in [-0.3, -0.25) is 4.79 Å². The van der Waals surface area contributed by atoms with Gasteiger partial charge in [-0.25, -0.2) is 4.79 Å². The SMILES string of the molecule is N#Cc1ccc(OCC(=O)OCC(=O)N2CCCCCC2)cc1. The standard InChI is InChI=1S/C17H20N2O4/c18-11-14-5-7-15(8-6-14)22-13-17(21)23-12-16(20)19-9-3-1-2-4-10-19/h5-8H,1-4,9-10,12-13H2. The van der Waals surface area contributed by atoms with Crippen molar-refractivity contribution in [1.82, 2.24) is 4.90 Å². The molecular weight excluding hydrogens is 296 g/mol. The molecule has 1 aromatic carbocycles. The van der Waals surface area contributed by atoms with Crippen molar-refractivity contribution in [3.8, 4) is 11.8 Å². The van der Waals surface area contributed by atoms with E-state index in [0.717, 1.165) is 38.8 Å². The number of hydrogen-bond donors (Lipinski definition) is 0. The maximum absolute atomic E-state index is 12.0. The lowest BCUT2D eigenvalue weighted by Crippen LogP contribution is -2.35. The number of likely N-dealkylation sites (tertiary alicyclic amines) is 1. The highest BCUT2D eigenvalue weighted by Gasteiger charge is 2.17. The van der Waals surface area contributed by atoms with Crippen molar-refractivity contribution in [3.05, 3.63) is 29.8 Å². The molecule has 1 saturated heterocycles. The first-order valence-corrected chi connectivity index (χ1v) is 7.75. The Hall–Kier alpha value is -2.55. The van der Waals surface area contributed by atoms with E-state index in [9.17, 15) is 9.59 Å². The maximum Gasteiger partial charge on any atom is 0.344 e. The van der Waals surface area contributed by atoms with Crippen LogP contribution in [-0.4, -0.2) is 43.1 Å². The molecule has 2 rings (SSSR count). The molecule has 0 aliphatic carbocycles. The summed E-state index contributed by atoms with van der Waals surface area (Å²) in [5.74, 6) is -0.268. The highest BCUT2D eigenvalue weighted by molar-refractivity contribution is 5.81. The number of esters is 1. The van der Waals surface area contributed by atoms with Crippen LogP contribution in [0, 0.1) is 11.3 Å². The van der Waals surface area contributed by atoms with Crippen molar-refractivity contribution in [3.63, 3.8) is 0 Å². The largest absolute Gasteiger partial charge is 0.482 e. The van der Waals surface area contributed by atoms with E-state index in [-0.39, 0.29) is 19.1 Å². The topological polar surface area (TPSA) is 79.6 Å². The number of nitrogens with zero attached hydrogens (tertiary/aromatic N) is 2. The molecule has 122 valence electrons. The Morgan fingerprint density at radius 2 is 1.70 bits per heavy atom. The molecule has 1 aliphatic rings. The van der Waals surface area contributed by atoms with Crippen LogP contribution < -0.4 is 4.74 Å². The fraction of sp³-hybridized carbons (Fsp3) is 0.471. The average Bonchev–Trinajstić information content (AvgIpc) is 2.87. The first kappa shape index (κ1) is 16.8. The predicted molar refractivity (Wildman–Crippen MR) is 82.7 cm³/mol. The summed E-state index contributed by atoms with van der Waals surface area (Å²) in [6, 6.07) is 8.41. The van der Waals surface area contributed by atoms with Crippen LogP contribution in [0.4, 0.5) is 0 Å². The van der Waals surface area contributed by atoms with Gasteiger partial charge in [0.15, 0.2) is 13.2 Å². The van der Waals surface area contributed by atoms with E-state index in [1.807, 2.05) is 6.07 Å². The van der Waals surface area contributed by atoms with Crippen molar-refractivity contribution in [2.75, 3.05) is 26.3 Å². The van der Waals surface area contributed by atoms with E-state index in [4.69, 9.17) is 14.7 Å². The third-order valence-corrected chi connectivity index (χ3v) is 3.66. The van der Waals surface area contributed by atoms with Crippen LogP contribution in [0.25, 0.3) is 0 Å². The van der Waals surface area contributed by atoms with Crippen molar-refractivity contribution in [2.45, 2.75) is 25.7 Å². The first-order valence-electron chi connectivity index (χ1n) is 7.75. The van der Waals surface area contributed by atoms with E-state index in [1.54, 1.807) is 29.2 Å². The molecule has 0 N–H and O–H groups in total. The molecule has 1 amide bonds. The van der Waals surface area contributed by atoms with E-state index < -0.39 is 5.97 Å². The smallest absolute Gasteiger partial charge is 0.344 e. The lowest BCUT2D eigenvalue weighted by Gasteiger charge is -2.19. The summed E-state index contributed by atoms with van der Waals surface area (Å²) < 4.78 is 10.2. The molecule has 0 radical (unpaired) electrons. The van der Waals surface area contributed by atoms with Gasteiger partial charge in [0.25, 0.3) is 5.91 Å². The van der Waals surface area contributed by atoms with Gasteiger partial charge in [-0.2, -0.15) is 5.26 Å². The zero-order chi connectivity index (χ0) is 16.5. The Bertz CT molecular complexity index is 569. The fourth-order valence-corrected chi connectivity index (χ4v) is 2.36. The van der Waals surface area contributed by atoms with Crippen molar-refractivity contribution in [1.29, 1.82) is 5.26 Å². The van der Waals surface area contributed by atoms with E-state index in [1.165, 1.54) is 0 Å². The first-order chi connectivity index (χ1) is 11.2. The van der Waals surface area contributed by atoms with Gasteiger partial charge in [-0.1, -0.05) is 12.8 Å². The van der Waals surface area contributed by atoms with Gasteiger partial charge in [0.2, 0.25) is 0 Å². The molecule has 6 heteroatoms. The minimum atomic E-state index is -0.586. The van der Waals surface area contributed by atoms with Gasteiger partial charge in [0, 0.05) is 13.1 Å². The van der Waals surface area contributed by atoms with Crippen molar-refractivity contribution >= 4 is 11.9 Å². The molecule has 6 nitrogen and oxygen atoms in total. The highest BCUT2D eigenvalue weighted by Crippen LogP contribution is 2.12. The molecule has 1 fully saturated rings. The van der Waals surface area contributed by atoms with Crippen molar-refractivity contribution in [2.24, 2.45) is 0 Å². The number of carbonyl (C=O) groups excluding carboxylic acids is 2. The molecule has 0 bridgehead atoms. The Kier molecular flexibility index (Phi) is 6.42. The minimum absolute atomic E-state index is 0.154. The molecule has 0 unspecified atom stereocenters. The number of hydrogen-bond acceptors (Lipinski definition) is 5. The summed E-state index contributed by atoms with van der Waals surface area (Å²) >= 11 is 0. The molecule has 0 aromatic heterocycles. The second kappa shape index (κ2) is 8.79. The van der Waals surface area contributed by atoms with Crippen LogP contribution in [0.15, 0.2) is 24.3 Å². The van der Waals surface area contributed by atoms with Gasteiger partial charge >= 0.3 is 5.97 Å². The lowest BCUT2D eigenvalue weighted by atomic mass is 10.2. The Morgan fingerprint density at radius 3 is 2.30 bits per heavy atom. The number of nitriles is 1. The summed E-state index contributed by atoms with van der Waals surface area (Å²) in [6.45, 7) is 0.963. The molecule has 0 atom stereocenters. The van der Waals surface area contributed by atoms with Gasteiger partial charge in [-0.15, -0.1) is 0 Å². The second-order valence-electron chi connectivity index (χ2n) is 5.38. The summed E-state index contributed by atoms with van der Waals surface area (Å²) in [7, 11) is 0. The van der Waals surface area contributed by atoms with Gasteiger partial charge in [0.05, 0.1) is 11.6 Å². The Labute approximate surface area is 135 Å². The molecule has 0 saturated carbocycles. The minimum Gasteiger partial charge on any atom is -0.482 e. The van der Waals surface area contributed by atoms with Crippen LogP contribution in [0.5, 0.6) is 5.75 Å². The summed E-state index contributed by atoms with van der Waals surface area (Å²) in [4.78, 5) is 25.4. The Balaban J connectivity index is 1.69. The number of benzene rings is 1. The predicted octanol–water partition coefficient (Wildman–Crippen LogP) is 1.88. The van der Waals surface area contributed by atoms with E-state index in [0.29, 0.717) is 11.3 Å². The Morgan fingerprint density at radius 1 is 1.04 bits per heavy atom. The van der Waals surface area contributed by atoms with Crippen LogP contribution in [0.3, 0.4) is 0 Å². The number of ether oxygens (including phenoxy) is 2. The van der Waals surface area contributed by atoms with Gasteiger partial charge in [-0.05, 0) is 37.1 Å². The van der Waals surface area contributed by atoms with Gasteiger partial charge < -0.3 is 14.4 Å². The number of amides is 1. The van der Waals surface area contributed by atoms with Crippen LogP contribution in [0.2, 0.25) is 0 Å². The van der Waals surface area contributed by atoms with E-state index >= 15 is 0 Å². The third-order valence-electron chi connectivity index (χ3n) is 3.66. The molecule has 0 spiro atoms. The summed E-state index contributed by atoms with van der Waals surface area (Å²) in [5.41, 5.74) is 0.517. The fourth-order valence-electron chi connectivity index (χ4n) is 2.36. The van der Waals surface area contributed by atoms with Crippen molar-refractivity contribution < 1.29 is 19.1 Å². The lowest BCUT2D eigenvalue weighted by molar-refractivity contribution is -0.153. The highest BCUT2D eigenvalue weighted by atomic mass is 16.6. The zero-order valence-electron chi connectivity index (χ0n) is 13.0. The molecule has 23 heavy (non-hydrogen) atoms. The quantitative estimate of drug-likeness (QED) is 0.775. The molecular formula is C17H20N2O4. The third kappa shape index (κ3) is 5.62. The number of carbonyl (C=O) groups is 2. The monoisotopic (exact) mass is 316 g/mol. The normalized spacial score (nSPS) is 14.5. The van der Waals surface area contributed by atoms with Crippen LogP contribution >= 0.6 is 0 Å².